The number of esters is 1. The lowest BCUT2D eigenvalue weighted by Gasteiger charge is -2.12. The van der Waals surface area contributed by atoms with E-state index in [2.05, 4.69) is 5.10 Å². The van der Waals surface area contributed by atoms with Gasteiger partial charge in [-0.25, -0.2) is 9.48 Å². The number of nitro benzene ring substituents is 1. The Bertz CT molecular complexity index is 1050. The van der Waals surface area contributed by atoms with E-state index in [0.717, 1.165) is 24.3 Å². The lowest BCUT2D eigenvalue weighted by Crippen LogP contribution is -2.18. The highest BCUT2D eigenvalue weighted by Crippen LogP contribution is 2.39. The van der Waals surface area contributed by atoms with Crippen LogP contribution in [0.15, 0.2) is 54.6 Å². The summed E-state index contributed by atoms with van der Waals surface area (Å²) in [5.74, 6) is -1.16. The van der Waals surface area contributed by atoms with Crippen molar-refractivity contribution in [1.29, 1.82) is 0 Å². The number of hydrogen-bond donors (Lipinski definition) is 0. The van der Waals surface area contributed by atoms with Crippen LogP contribution in [0.5, 0.6) is 0 Å². The monoisotopic (exact) mass is 405 g/mol. The molecular weight excluding hydrogens is 391 g/mol. The second-order valence-electron chi connectivity index (χ2n) is 5.84. The van der Waals surface area contributed by atoms with Gasteiger partial charge in [-0.05, 0) is 19.1 Å². The Kier molecular flexibility index (Phi) is 5.35. The van der Waals surface area contributed by atoms with Gasteiger partial charge in [0.05, 0.1) is 17.2 Å². The van der Waals surface area contributed by atoms with Crippen molar-refractivity contribution in [2.24, 2.45) is 0 Å². The van der Waals surface area contributed by atoms with Crippen LogP contribution in [-0.4, -0.2) is 27.3 Å². The number of nitro groups is 1. The molecule has 0 N–H and O–H groups in total. The van der Waals surface area contributed by atoms with Gasteiger partial charge >= 0.3 is 12.1 Å². The molecule has 29 heavy (non-hydrogen) atoms. The number of non-ortho nitro benzene ring substituents is 1. The number of alkyl halides is 3. The van der Waals surface area contributed by atoms with Gasteiger partial charge in [0, 0.05) is 17.7 Å². The number of ether oxygens (including phenoxy) is 1. The second-order valence-corrected chi connectivity index (χ2v) is 5.84. The quantitative estimate of drug-likeness (QED) is 0.351. The van der Waals surface area contributed by atoms with Crippen LogP contribution >= 0.6 is 0 Å². The molecule has 2 aromatic carbocycles. The van der Waals surface area contributed by atoms with Gasteiger partial charge in [-0.2, -0.15) is 18.3 Å². The van der Waals surface area contributed by atoms with E-state index in [1.165, 1.54) is 19.1 Å². The topological polar surface area (TPSA) is 87.3 Å². The van der Waals surface area contributed by atoms with E-state index in [4.69, 9.17) is 4.74 Å². The van der Waals surface area contributed by atoms with Crippen LogP contribution in [0.2, 0.25) is 0 Å². The first-order chi connectivity index (χ1) is 13.7. The molecule has 0 aliphatic carbocycles. The number of rotatable bonds is 5. The number of halogens is 3. The molecule has 0 bridgehead atoms. The SMILES string of the molecule is CCOC(=O)c1c(-c2ccccc2)nn(-c2ccc([N+](=O)[O-])cc2)c1C(F)(F)F. The van der Waals surface area contributed by atoms with Gasteiger partial charge in [0.1, 0.15) is 11.3 Å². The first-order valence-electron chi connectivity index (χ1n) is 8.41. The Hall–Kier alpha value is -3.69. The molecule has 0 aliphatic heterocycles. The second kappa shape index (κ2) is 7.74. The van der Waals surface area contributed by atoms with E-state index in [9.17, 15) is 28.1 Å². The maximum Gasteiger partial charge on any atom is 0.434 e. The zero-order valence-corrected chi connectivity index (χ0v) is 15.0. The molecule has 0 amide bonds. The molecule has 3 rings (SSSR count). The molecule has 0 saturated carbocycles. The summed E-state index contributed by atoms with van der Waals surface area (Å²) >= 11 is 0. The number of carbonyl (C=O) groups excluding carboxylic acids is 1. The van der Waals surface area contributed by atoms with Gasteiger partial charge in [0.25, 0.3) is 5.69 Å². The van der Waals surface area contributed by atoms with E-state index in [1.807, 2.05) is 0 Å². The Labute approximate surface area is 162 Å². The largest absolute Gasteiger partial charge is 0.462 e. The van der Waals surface area contributed by atoms with Crippen LogP contribution in [0.1, 0.15) is 23.0 Å². The minimum Gasteiger partial charge on any atom is -0.462 e. The lowest BCUT2D eigenvalue weighted by molar-refractivity contribution is -0.384. The van der Waals surface area contributed by atoms with Crippen molar-refractivity contribution >= 4 is 11.7 Å². The number of hydrogen-bond acceptors (Lipinski definition) is 5. The lowest BCUT2D eigenvalue weighted by atomic mass is 10.1. The summed E-state index contributed by atoms with van der Waals surface area (Å²) < 4.78 is 47.3. The molecule has 0 fully saturated rings. The molecule has 3 aromatic rings. The Balaban J connectivity index is 2.30. The predicted molar refractivity (Wildman–Crippen MR) is 96.6 cm³/mol. The highest BCUT2D eigenvalue weighted by Gasteiger charge is 2.43. The van der Waals surface area contributed by atoms with E-state index < -0.39 is 28.3 Å². The van der Waals surface area contributed by atoms with Gasteiger partial charge < -0.3 is 4.74 Å². The smallest absolute Gasteiger partial charge is 0.434 e. The fourth-order valence-electron chi connectivity index (χ4n) is 2.78. The fraction of sp³-hybridized carbons (Fsp3) is 0.158. The molecule has 0 saturated heterocycles. The molecule has 7 nitrogen and oxygen atoms in total. The number of carbonyl (C=O) groups is 1. The van der Waals surface area contributed by atoms with Crippen molar-refractivity contribution in [2.45, 2.75) is 13.1 Å². The zero-order valence-electron chi connectivity index (χ0n) is 15.0. The third-order valence-electron chi connectivity index (χ3n) is 3.99. The fourth-order valence-corrected chi connectivity index (χ4v) is 2.78. The molecule has 150 valence electrons. The molecule has 0 atom stereocenters. The normalized spacial score (nSPS) is 11.3. The first kappa shape index (κ1) is 20.1. The molecule has 0 aliphatic rings. The van der Waals surface area contributed by atoms with Crippen molar-refractivity contribution in [3.8, 4) is 16.9 Å². The number of aromatic nitrogens is 2. The Morgan fingerprint density at radius 1 is 1.14 bits per heavy atom. The molecule has 0 radical (unpaired) electrons. The Morgan fingerprint density at radius 3 is 2.28 bits per heavy atom. The van der Waals surface area contributed by atoms with Crippen molar-refractivity contribution in [3.63, 3.8) is 0 Å². The van der Waals surface area contributed by atoms with Crippen molar-refractivity contribution in [1.82, 2.24) is 9.78 Å². The van der Waals surface area contributed by atoms with Crippen LogP contribution in [0.4, 0.5) is 18.9 Å². The maximum absolute atomic E-state index is 14.0. The van der Waals surface area contributed by atoms with E-state index in [-0.39, 0.29) is 23.7 Å². The van der Waals surface area contributed by atoms with Crippen LogP contribution in [0, 0.1) is 10.1 Å². The molecule has 1 heterocycles. The number of nitrogens with zero attached hydrogens (tertiary/aromatic N) is 3. The summed E-state index contributed by atoms with van der Waals surface area (Å²) in [6, 6.07) is 12.3. The summed E-state index contributed by atoms with van der Waals surface area (Å²) in [4.78, 5) is 22.6. The van der Waals surface area contributed by atoms with Gasteiger partial charge in [-0.3, -0.25) is 10.1 Å². The average Bonchev–Trinajstić information content (AvgIpc) is 3.10. The van der Waals surface area contributed by atoms with E-state index in [0.29, 0.717) is 10.2 Å². The summed E-state index contributed by atoms with van der Waals surface area (Å²) in [6.07, 6.45) is -4.94. The van der Waals surface area contributed by atoms with Gasteiger partial charge in [-0.1, -0.05) is 30.3 Å². The molecule has 0 unspecified atom stereocenters. The predicted octanol–water partition coefficient (Wildman–Crippen LogP) is 4.64. The summed E-state index contributed by atoms with van der Waals surface area (Å²) in [6.45, 7) is 1.36. The minimum absolute atomic E-state index is 0.0874. The molecular formula is C19H14F3N3O4. The first-order valence-corrected chi connectivity index (χ1v) is 8.41. The zero-order chi connectivity index (χ0) is 21.2. The third kappa shape index (κ3) is 3.96. The summed E-state index contributed by atoms with van der Waals surface area (Å²) in [5.41, 5.74) is -2.32. The average molecular weight is 405 g/mol. The van der Waals surface area contributed by atoms with Crippen LogP contribution in [0.3, 0.4) is 0 Å². The van der Waals surface area contributed by atoms with Crippen molar-refractivity contribution in [2.75, 3.05) is 6.61 Å². The van der Waals surface area contributed by atoms with Gasteiger partial charge in [0.15, 0.2) is 5.69 Å². The minimum atomic E-state index is -4.94. The van der Waals surface area contributed by atoms with Crippen LogP contribution < -0.4 is 0 Å². The standard InChI is InChI=1S/C19H14F3N3O4/c1-2-29-18(26)15-16(12-6-4-3-5-7-12)23-24(17(15)19(20,21)22)13-8-10-14(11-9-13)25(27)28/h3-11H,2H2,1H3. The van der Waals surface area contributed by atoms with Crippen LogP contribution in [-0.2, 0) is 10.9 Å². The highest BCUT2D eigenvalue weighted by atomic mass is 19.4. The van der Waals surface area contributed by atoms with Gasteiger partial charge in [-0.15, -0.1) is 0 Å². The number of benzene rings is 2. The van der Waals surface area contributed by atoms with Crippen molar-refractivity contribution in [3.05, 3.63) is 76.0 Å². The Morgan fingerprint density at radius 2 is 1.76 bits per heavy atom. The maximum atomic E-state index is 14.0. The highest BCUT2D eigenvalue weighted by molar-refractivity contribution is 5.98. The van der Waals surface area contributed by atoms with Gasteiger partial charge in [0.2, 0.25) is 0 Å². The molecule has 0 spiro atoms. The summed E-state index contributed by atoms with van der Waals surface area (Å²) in [5, 5.41) is 14.8. The van der Waals surface area contributed by atoms with Crippen LogP contribution in [0.25, 0.3) is 16.9 Å². The molecule has 10 heteroatoms. The van der Waals surface area contributed by atoms with E-state index in [1.54, 1.807) is 18.2 Å². The van der Waals surface area contributed by atoms with Crippen molar-refractivity contribution < 1.29 is 27.6 Å². The molecule has 1 aromatic heterocycles. The van der Waals surface area contributed by atoms with E-state index >= 15 is 0 Å². The summed E-state index contributed by atoms with van der Waals surface area (Å²) in [7, 11) is 0. The third-order valence-corrected chi connectivity index (χ3v) is 3.99.